The zero-order valence-corrected chi connectivity index (χ0v) is 15.3. The number of aliphatic hydroxyl groups is 1. The molecule has 0 amide bonds. The van der Waals surface area contributed by atoms with E-state index in [9.17, 15) is 15.2 Å². The molecule has 0 unspecified atom stereocenters. The molecule has 2 N–H and O–H groups in total. The third kappa shape index (κ3) is 4.43. The first-order valence-electron chi connectivity index (χ1n) is 8.91. The zero-order valence-electron chi connectivity index (χ0n) is 15.3. The van der Waals surface area contributed by atoms with Crippen molar-refractivity contribution in [3.63, 3.8) is 0 Å². The number of rotatable bonds is 9. The molecule has 148 valence electrons. The van der Waals surface area contributed by atoms with Gasteiger partial charge in [0, 0.05) is 33.2 Å². The van der Waals surface area contributed by atoms with Crippen LogP contribution in [0.1, 0.15) is 6.42 Å². The third-order valence-corrected chi connectivity index (χ3v) is 4.59. The standard InChI is InChI=1S/C16H24N6O5/c1-20(5-8-23)13-11-12(14-15(19-27-18-14)16(13)22(24)25)17-3-2-4-21-6-9-26-10-7-21/h11,17,23H,2-10H2,1H3. The highest BCUT2D eigenvalue weighted by Gasteiger charge is 2.27. The predicted molar refractivity (Wildman–Crippen MR) is 99.2 cm³/mol. The van der Waals surface area contributed by atoms with Crippen LogP contribution in [0.15, 0.2) is 10.7 Å². The summed E-state index contributed by atoms with van der Waals surface area (Å²) in [5.41, 5.74) is 1.22. The fourth-order valence-corrected chi connectivity index (χ4v) is 3.14. The van der Waals surface area contributed by atoms with Gasteiger partial charge in [0.15, 0.2) is 5.52 Å². The normalized spacial score (nSPS) is 15.2. The average molecular weight is 380 g/mol. The number of nitro benzene ring substituents is 1. The molecule has 11 heteroatoms. The van der Waals surface area contributed by atoms with Crippen LogP contribution in [-0.4, -0.2) is 84.8 Å². The fourth-order valence-electron chi connectivity index (χ4n) is 3.14. The Morgan fingerprint density at radius 2 is 2.11 bits per heavy atom. The number of morpholine rings is 1. The summed E-state index contributed by atoms with van der Waals surface area (Å²) in [7, 11) is 1.68. The molecule has 3 rings (SSSR count). The number of hydrogen-bond donors (Lipinski definition) is 2. The number of nitrogens with zero attached hydrogens (tertiary/aromatic N) is 5. The number of ether oxygens (including phenoxy) is 1. The quantitative estimate of drug-likeness (QED) is 0.364. The van der Waals surface area contributed by atoms with Crippen molar-refractivity contribution in [2.45, 2.75) is 6.42 Å². The molecule has 1 aliphatic heterocycles. The van der Waals surface area contributed by atoms with E-state index >= 15 is 0 Å². The van der Waals surface area contributed by atoms with Crippen LogP contribution in [0, 0.1) is 10.1 Å². The number of fused-ring (bicyclic) bond motifs is 1. The first-order valence-corrected chi connectivity index (χ1v) is 8.91. The van der Waals surface area contributed by atoms with Gasteiger partial charge >= 0.3 is 5.69 Å². The van der Waals surface area contributed by atoms with Crippen LogP contribution in [-0.2, 0) is 4.74 Å². The molecule has 2 heterocycles. The van der Waals surface area contributed by atoms with E-state index in [2.05, 4.69) is 20.5 Å². The van der Waals surface area contributed by atoms with Crippen LogP contribution in [0.4, 0.5) is 17.1 Å². The SMILES string of the molecule is CN(CCO)c1cc(NCCCN2CCOCC2)c2nonc2c1[N+](=O)[O-]. The van der Waals surface area contributed by atoms with Gasteiger partial charge in [0.1, 0.15) is 5.69 Å². The van der Waals surface area contributed by atoms with Crippen molar-refractivity contribution >= 4 is 28.1 Å². The summed E-state index contributed by atoms with van der Waals surface area (Å²) in [5.74, 6) is 0. The Morgan fingerprint density at radius 1 is 1.37 bits per heavy atom. The highest BCUT2D eigenvalue weighted by Crippen LogP contribution is 2.38. The van der Waals surface area contributed by atoms with E-state index in [0.717, 1.165) is 39.3 Å². The second-order valence-corrected chi connectivity index (χ2v) is 6.39. The number of aromatic nitrogens is 2. The van der Waals surface area contributed by atoms with E-state index in [1.807, 2.05) is 0 Å². The predicted octanol–water partition coefficient (Wildman–Crippen LogP) is 0.694. The fraction of sp³-hybridized carbons (Fsp3) is 0.625. The molecule has 0 saturated carbocycles. The number of nitrogens with one attached hydrogen (secondary N) is 1. The first kappa shape index (κ1) is 19.3. The average Bonchev–Trinajstić information content (AvgIpc) is 3.15. The minimum atomic E-state index is -0.502. The van der Waals surface area contributed by atoms with Gasteiger partial charge in [-0.3, -0.25) is 15.0 Å². The molecule has 0 radical (unpaired) electrons. The number of benzene rings is 1. The van der Waals surface area contributed by atoms with Crippen LogP contribution >= 0.6 is 0 Å². The van der Waals surface area contributed by atoms with E-state index < -0.39 is 4.92 Å². The van der Waals surface area contributed by atoms with Crippen LogP contribution in [0.2, 0.25) is 0 Å². The van der Waals surface area contributed by atoms with Gasteiger partial charge in [-0.25, -0.2) is 4.63 Å². The van der Waals surface area contributed by atoms with Crippen LogP contribution in [0.3, 0.4) is 0 Å². The van der Waals surface area contributed by atoms with E-state index in [0.29, 0.717) is 23.4 Å². The van der Waals surface area contributed by atoms with Crippen LogP contribution in [0.5, 0.6) is 0 Å². The van der Waals surface area contributed by atoms with Crippen molar-refractivity contribution in [3.8, 4) is 0 Å². The van der Waals surface area contributed by atoms with Gasteiger partial charge in [0.25, 0.3) is 0 Å². The first-order chi connectivity index (χ1) is 13.1. The molecular formula is C16H24N6O5. The minimum Gasteiger partial charge on any atom is -0.395 e. The van der Waals surface area contributed by atoms with Crippen molar-refractivity contribution in [1.82, 2.24) is 15.2 Å². The molecule has 0 atom stereocenters. The van der Waals surface area contributed by atoms with Crippen LogP contribution < -0.4 is 10.2 Å². The lowest BCUT2D eigenvalue weighted by Crippen LogP contribution is -2.37. The van der Waals surface area contributed by atoms with Gasteiger partial charge in [0.05, 0.1) is 30.4 Å². The van der Waals surface area contributed by atoms with Gasteiger partial charge in [-0.05, 0) is 29.3 Å². The van der Waals surface area contributed by atoms with E-state index in [-0.39, 0.29) is 24.4 Å². The van der Waals surface area contributed by atoms with E-state index in [1.165, 1.54) is 0 Å². The summed E-state index contributed by atoms with van der Waals surface area (Å²) in [6, 6.07) is 1.66. The van der Waals surface area contributed by atoms with Gasteiger partial charge in [-0.1, -0.05) is 0 Å². The monoisotopic (exact) mass is 380 g/mol. The summed E-state index contributed by atoms with van der Waals surface area (Å²) in [6.45, 7) is 5.17. The maximum absolute atomic E-state index is 11.6. The zero-order chi connectivity index (χ0) is 19.2. The summed E-state index contributed by atoms with van der Waals surface area (Å²) in [5, 5.41) is 31.6. The van der Waals surface area contributed by atoms with Gasteiger partial charge in [-0.2, -0.15) is 0 Å². The van der Waals surface area contributed by atoms with Crippen molar-refractivity contribution in [1.29, 1.82) is 0 Å². The Balaban J connectivity index is 1.76. The molecule has 27 heavy (non-hydrogen) atoms. The summed E-state index contributed by atoms with van der Waals surface area (Å²) in [6.07, 6.45) is 0.908. The molecule has 0 spiro atoms. The maximum atomic E-state index is 11.6. The highest BCUT2D eigenvalue weighted by atomic mass is 16.6. The summed E-state index contributed by atoms with van der Waals surface area (Å²) >= 11 is 0. The highest BCUT2D eigenvalue weighted by molar-refractivity contribution is 5.99. The molecule has 1 aromatic carbocycles. The van der Waals surface area contributed by atoms with Crippen molar-refractivity contribution in [3.05, 3.63) is 16.2 Å². The Morgan fingerprint density at radius 3 is 2.81 bits per heavy atom. The van der Waals surface area contributed by atoms with Crippen molar-refractivity contribution in [2.24, 2.45) is 0 Å². The molecule has 2 aromatic rings. The molecule has 0 bridgehead atoms. The second-order valence-electron chi connectivity index (χ2n) is 6.39. The Hall–Kier alpha value is -2.50. The summed E-state index contributed by atoms with van der Waals surface area (Å²) < 4.78 is 10.1. The van der Waals surface area contributed by atoms with Crippen molar-refractivity contribution in [2.75, 3.05) is 69.8 Å². The van der Waals surface area contributed by atoms with Crippen molar-refractivity contribution < 1.29 is 19.4 Å². The third-order valence-electron chi connectivity index (χ3n) is 4.59. The lowest BCUT2D eigenvalue weighted by molar-refractivity contribution is -0.382. The van der Waals surface area contributed by atoms with Gasteiger partial charge in [0.2, 0.25) is 5.52 Å². The lowest BCUT2D eigenvalue weighted by Gasteiger charge is -2.26. The van der Waals surface area contributed by atoms with Gasteiger partial charge < -0.3 is 20.1 Å². The molecule has 11 nitrogen and oxygen atoms in total. The molecule has 1 fully saturated rings. The molecule has 0 aliphatic carbocycles. The summed E-state index contributed by atoms with van der Waals surface area (Å²) in [4.78, 5) is 15.0. The molecule has 1 aliphatic rings. The van der Waals surface area contributed by atoms with Gasteiger partial charge in [-0.15, -0.1) is 0 Å². The topological polar surface area (TPSA) is 130 Å². The number of nitro groups is 1. The minimum absolute atomic E-state index is 0.0953. The molecule has 1 saturated heterocycles. The number of anilines is 2. The maximum Gasteiger partial charge on any atom is 0.323 e. The number of likely N-dealkylation sites (N-methyl/N-ethyl adjacent to an activating group) is 1. The largest absolute Gasteiger partial charge is 0.395 e. The Bertz CT molecular complexity index is 776. The number of hydrogen-bond acceptors (Lipinski definition) is 10. The molecular weight excluding hydrogens is 356 g/mol. The Kier molecular flexibility index (Phi) is 6.37. The number of aliphatic hydroxyl groups excluding tert-OH is 1. The van der Waals surface area contributed by atoms with Crippen LogP contribution in [0.25, 0.3) is 11.0 Å². The van der Waals surface area contributed by atoms with E-state index in [4.69, 9.17) is 9.37 Å². The molecule has 1 aromatic heterocycles. The lowest BCUT2D eigenvalue weighted by atomic mass is 10.1. The van der Waals surface area contributed by atoms with E-state index in [1.54, 1.807) is 18.0 Å². The second kappa shape index (κ2) is 8.93. The Labute approximate surface area is 156 Å². The smallest absolute Gasteiger partial charge is 0.323 e.